The van der Waals surface area contributed by atoms with Crippen molar-refractivity contribution in [1.29, 1.82) is 0 Å². The Kier molecular flexibility index (Phi) is 8.60. The summed E-state index contributed by atoms with van der Waals surface area (Å²) >= 11 is 0. The summed E-state index contributed by atoms with van der Waals surface area (Å²) in [6.07, 6.45) is 0.126. The van der Waals surface area contributed by atoms with E-state index in [4.69, 9.17) is 4.42 Å². The molecular formula is C21H26IN3O2. The van der Waals surface area contributed by atoms with Gasteiger partial charge in [0.15, 0.2) is 5.96 Å². The van der Waals surface area contributed by atoms with Gasteiger partial charge in [-0.2, -0.15) is 0 Å². The van der Waals surface area contributed by atoms with Gasteiger partial charge < -0.3 is 20.2 Å². The van der Waals surface area contributed by atoms with E-state index in [1.54, 1.807) is 0 Å². The maximum atomic E-state index is 10.2. The number of hydrogen-bond donors (Lipinski definition) is 3. The molecule has 1 heterocycles. The molecule has 5 nitrogen and oxygen atoms in total. The largest absolute Gasteiger partial charge is 0.459 e. The Morgan fingerprint density at radius 2 is 1.81 bits per heavy atom. The van der Waals surface area contributed by atoms with Crippen LogP contribution in [0.25, 0.3) is 11.0 Å². The van der Waals surface area contributed by atoms with Gasteiger partial charge >= 0.3 is 0 Å². The molecule has 6 heteroatoms. The van der Waals surface area contributed by atoms with Crippen molar-refractivity contribution in [3.05, 3.63) is 72.0 Å². The predicted molar refractivity (Wildman–Crippen MR) is 120 cm³/mol. The van der Waals surface area contributed by atoms with Crippen molar-refractivity contribution in [2.45, 2.75) is 26.0 Å². The molecule has 3 rings (SSSR count). The standard InChI is InChI=1S/C21H25N3O2.HI/c1-2-22-21(23-13-12-19(25)16-8-4-3-5-9-16)24-15-18-14-17-10-6-7-11-20(17)26-18;/h3-11,14,19,25H,2,12-13,15H2,1H3,(H2,22,23,24);1H. The van der Waals surface area contributed by atoms with E-state index in [-0.39, 0.29) is 24.0 Å². The molecule has 0 saturated heterocycles. The van der Waals surface area contributed by atoms with E-state index in [0.29, 0.717) is 25.5 Å². The number of nitrogens with zero attached hydrogens (tertiary/aromatic N) is 1. The van der Waals surface area contributed by atoms with Gasteiger partial charge in [0, 0.05) is 18.5 Å². The molecule has 0 fully saturated rings. The Balaban J connectivity index is 0.00000261. The van der Waals surface area contributed by atoms with Crippen molar-refractivity contribution in [1.82, 2.24) is 10.6 Å². The van der Waals surface area contributed by atoms with Crippen molar-refractivity contribution in [2.75, 3.05) is 13.1 Å². The van der Waals surface area contributed by atoms with Crippen LogP contribution in [-0.4, -0.2) is 24.2 Å². The summed E-state index contributed by atoms with van der Waals surface area (Å²) in [4.78, 5) is 4.57. The maximum absolute atomic E-state index is 10.2. The summed E-state index contributed by atoms with van der Waals surface area (Å²) in [5, 5.41) is 17.8. The third-order valence-corrected chi connectivity index (χ3v) is 4.11. The molecule has 1 unspecified atom stereocenters. The SMILES string of the molecule is CCNC(=NCc1cc2ccccc2o1)NCCC(O)c1ccccc1.I. The minimum atomic E-state index is -0.484. The average Bonchev–Trinajstić information content (AvgIpc) is 3.09. The van der Waals surface area contributed by atoms with E-state index in [9.17, 15) is 5.11 Å². The second kappa shape index (κ2) is 10.9. The molecule has 3 aromatic rings. The Bertz CT molecular complexity index is 816. The Hall–Kier alpha value is -2.06. The molecule has 27 heavy (non-hydrogen) atoms. The summed E-state index contributed by atoms with van der Waals surface area (Å²) in [5.41, 5.74) is 1.81. The molecule has 144 valence electrons. The molecule has 0 amide bonds. The number of para-hydroxylation sites is 1. The fourth-order valence-corrected chi connectivity index (χ4v) is 2.78. The second-order valence-electron chi connectivity index (χ2n) is 6.09. The van der Waals surface area contributed by atoms with Gasteiger partial charge in [-0.25, -0.2) is 4.99 Å². The first kappa shape index (κ1) is 21.2. The van der Waals surface area contributed by atoms with Crippen molar-refractivity contribution in [3.8, 4) is 0 Å². The van der Waals surface area contributed by atoms with Crippen LogP contribution in [0.2, 0.25) is 0 Å². The molecule has 1 aromatic heterocycles. The minimum Gasteiger partial charge on any atom is -0.459 e. The van der Waals surface area contributed by atoms with Crippen LogP contribution in [0.4, 0.5) is 0 Å². The Labute approximate surface area is 176 Å². The second-order valence-corrected chi connectivity index (χ2v) is 6.09. The summed E-state index contributed by atoms with van der Waals surface area (Å²) < 4.78 is 5.79. The number of nitrogens with one attached hydrogen (secondary N) is 2. The highest BCUT2D eigenvalue weighted by Crippen LogP contribution is 2.19. The van der Waals surface area contributed by atoms with Gasteiger partial charge in [0.2, 0.25) is 0 Å². The Morgan fingerprint density at radius 1 is 1.07 bits per heavy atom. The van der Waals surface area contributed by atoms with Gasteiger partial charge in [0.25, 0.3) is 0 Å². The van der Waals surface area contributed by atoms with Gasteiger partial charge in [-0.15, -0.1) is 24.0 Å². The molecule has 0 spiro atoms. The third kappa shape index (κ3) is 6.25. The van der Waals surface area contributed by atoms with Crippen LogP contribution in [0.3, 0.4) is 0 Å². The number of halogens is 1. The fraction of sp³-hybridized carbons (Fsp3) is 0.286. The summed E-state index contributed by atoms with van der Waals surface area (Å²) in [6.45, 7) is 3.89. The zero-order valence-electron chi connectivity index (χ0n) is 15.4. The molecule has 0 aliphatic rings. The van der Waals surface area contributed by atoms with E-state index >= 15 is 0 Å². The van der Waals surface area contributed by atoms with Crippen LogP contribution in [0.15, 0.2) is 70.1 Å². The number of fused-ring (bicyclic) bond motifs is 1. The number of benzene rings is 2. The van der Waals surface area contributed by atoms with Crippen LogP contribution in [-0.2, 0) is 6.54 Å². The van der Waals surface area contributed by atoms with Gasteiger partial charge in [-0.1, -0.05) is 48.5 Å². The van der Waals surface area contributed by atoms with Crippen LogP contribution < -0.4 is 10.6 Å². The van der Waals surface area contributed by atoms with Crippen LogP contribution in [0.5, 0.6) is 0 Å². The van der Waals surface area contributed by atoms with E-state index in [0.717, 1.165) is 28.8 Å². The monoisotopic (exact) mass is 479 g/mol. The van der Waals surface area contributed by atoms with Gasteiger partial charge in [0.1, 0.15) is 17.9 Å². The van der Waals surface area contributed by atoms with Crippen molar-refractivity contribution in [2.24, 2.45) is 4.99 Å². The molecule has 0 aliphatic carbocycles. The highest BCUT2D eigenvalue weighted by atomic mass is 127. The lowest BCUT2D eigenvalue weighted by Crippen LogP contribution is -2.38. The van der Waals surface area contributed by atoms with E-state index in [1.807, 2.05) is 67.6 Å². The molecule has 0 saturated carbocycles. The first-order chi connectivity index (χ1) is 12.8. The third-order valence-electron chi connectivity index (χ3n) is 4.11. The number of guanidine groups is 1. The van der Waals surface area contributed by atoms with Crippen LogP contribution >= 0.6 is 24.0 Å². The highest BCUT2D eigenvalue weighted by molar-refractivity contribution is 14.0. The summed E-state index contributed by atoms with van der Waals surface area (Å²) in [7, 11) is 0. The highest BCUT2D eigenvalue weighted by Gasteiger charge is 2.07. The molecule has 0 bridgehead atoms. The molecule has 1 atom stereocenters. The smallest absolute Gasteiger partial charge is 0.191 e. The lowest BCUT2D eigenvalue weighted by Gasteiger charge is -2.14. The predicted octanol–water partition coefficient (Wildman–Crippen LogP) is 4.23. The molecule has 3 N–H and O–H groups in total. The number of aliphatic hydroxyl groups excluding tert-OH is 1. The molecular weight excluding hydrogens is 453 g/mol. The Morgan fingerprint density at radius 3 is 2.56 bits per heavy atom. The number of aliphatic imine (C=N–C) groups is 1. The quantitative estimate of drug-likeness (QED) is 0.270. The van der Waals surface area contributed by atoms with Crippen LogP contribution in [0, 0.1) is 0 Å². The minimum absolute atomic E-state index is 0. The van der Waals surface area contributed by atoms with Crippen molar-refractivity contribution in [3.63, 3.8) is 0 Å². The van der Waals surface area contributed by atoms with E-state index in [1.165, 1.54) is 0 Å². The lowest BCUT2D eigenvalue weighted by atomic mass is 10.1. The van der Waals surface area contributed by atoms with Crippen molar-refractivity contribution < 1.29 is 9.52 Å². The number of furan rings is 1. The number of aliphatic hydroxyl groups is 1. The van der Waals surface area contributed by atoms with Gasteiger partial charge in [0.05, 0.1) is 6.10 Å². The normalized spacial score (nSPS) is 12.4. The van der Waals surface area contributed by atoms with Gasteiger partial charge in [-0.05, 0) is 31.0 Å². The van der Waals surface area contributed by atoms with Crippen LogP contribution in [0.1, 0.15) is 30.8 Å². The average molecular weight is 479 g/mol. The zero-order valence-corrected chi connectivity index (χ0v) is 17.7. The zero-order chi connectivity index (χ0) is 18.2. The van der Waals surface area contributed by atoms with Crippen molar-refractivity contribution >= 4 is 40.9 Å². The number of hydrogen-bond acceptors (Lipinski definition) is 3. The summed E-state index contributed by atoms with van der Waals surface area (Å²) in [5.74, 6) is 1.54. The number of rotatable bonds is 7. The van der Waals surface area contributed by atoms with E-state index in [2.05, 4.69) is 15.6 Å². The van der Waals surface area contributed by atoms with E-state index < -0.39 is 6.10 Å². The van der Waals surface area contributed by atoms with Gasteiger partial charge in [-0.3, -0.25) is 0 Å². The first-order valence-electron chi connectivity index (χ1n) is 8.99. The molecule has 2 aromatic carbocycles. The molecule has 0 radical (unpaired) electrons. The summed E-state index contributed by atoms with van der Waals surface area (Å²) in [6, 6.07) is 19.6. The topological polar surface area (TPSA) is 69.8 Å². The fourth-order valence-electron chi connectivity index (χ4n) is 2.78. The molecule has 0 aliphatic heterocycles. The maximum Gasteiger partial charge on any atom is 0.191 e. The lowest BCUT2D eigenvalue weighted by molar-refractivity contribution is 0.168. The first-order valence-corrected chi connectivity index (χ1v) is 8.99.